The number of aryl methyl sites for hydroxylation is 2. The second-order valence-corrected chi connectivity index (χ2v) is 3.65. The van der Waals surface area contributed by atoms with Crippen LogP contribution in [0.2, 0.25) is 0 Å². The molecule has 0 aliphatic rings. The molecule has 1 nitrogen and oxygen atoms in total. The Bertz CT molecular complexity index is 457. The Labute approximate surface area is 83.2 Å². The highest BCUT2D eigenvalue weighted by Crippen LogP contribution is 2.22. The predicted octanol–water partition coefficient (Wildman–Crippen LogP) is 3.27. The van der Waals surface area contributed by atoms with E-state index >= 15 is 0 Å². The van der Waals surface area contributed by atoms with E-state index in [-0.39, 0.29) is 5.82 Å². The van der Waals surface area contributed by atoms with Crippen molar-refractivity contribution in [3.63, 3.8) is 0 Å². The van der Waals surface area contributed by atoms with Crippen molar-refractivity contribution < 1.29 is 4.39 Å². The van der Waals surface area contributed by atoms with Crippen molar-refractivity contribution in [2.75, 3.05) is 0 Å². The topological polar surface area (TPSA) is 4.93 Å². The molecular formula is C12H14FN. The molecule has 0 N–H and O–H groups in total. The number of nitrogens with zero attached hydrogens (tertiary/aromatic N) is 1. The fourth-order valence-electron chi connectivity index (χ4n) is 1.82. The SMILES string of the molecule is CCCc1ccc2c(ccn2C)c1F. The summed E-state index contributed by atoms with van der Waals surface area (Å²) in [6, 6.07) is 5.72. The highest BCUT2D eigenvalue weighted by Gasteiger charge is 2.08. The van der Waals surface area contributed by atoms with E-state index < -0.39 is 0 Å². The van der Waals surface area contributed by atoms with Crippen LogP contribution in [0.15, 0.2) is 24.4 Å². The molecule has 0 fully saturated rings. The normalized spacial score (nSPS) is 11.1. The van der Waals surface area contributed by atoms with E-state index in [0.717, 1.165) is 29.3 Å². The summed E-state index contributed by atoms with van der Waals surface area (Å²) in [7, 11) is 1.93. The van der Waals surface area contributed by atoms with E-state index in [0.29, 0.717) is 0 Å². The molecule has 0 saturated carbocycles. The second kappa shape index (κ2) is 3.45. The summed E-state index contributed by atoms with van der Waals surface area (Å²) in [6.45, 7) is 2.06. The van der Waals surface area contributed by atoms with E-state index in [2.05, 4.69) is 6.92 Å². The van der Waals surface area contributed by atoms with E-state index in [1.54, 1.807) is 0 Å². The number of hydrogen-bond donors (Lipinski definition) is 0. The fraction of sp³-hybridized carbons (Fsp3) is 0.333. The maximum Gasteiger partial charge on any atom is 0.135 e. The van der Waals surface area contributed by atoms with E-state index in [4.69, 9.17) is 0 Å². The van der Waals surface area contributed by atoms with Crippen LogP contribution in [0.25, 0.3) is 10.9 Å². The summed E-state index contributed by atoms with van der Waals surface area (Å²) >= 11 is 0. The molecule has 2 rings (SSSR count). The van der Waals surface area contributed by atoms with Gasteiger partial charge in [0.05, 0.1) is 5.52 Å². The molecule has 0 radical (unpaired) electrons. The Morgan fingerprint density at radius 2 is 2.07 bits per heavy atom. The van der Waals surface area contributed by atoms with Crippen LogP contribution in [0.1, 0.15) is 18.9 Å². The van der Waals surface area contributed by atoms with Crippen LogP contribution in [-0.4, -0.2) is 4.57 Å². The molecule has 2 heteroatoms. The van der Waals surface area contributed by atoms with Gasteiger partial charge in [-0.25, -0.2) is 4.39 Å². The number of halogens is 1. The van der Waals surface area contributed by atoms with Gasteiger partial charge in [0.2, 0.25) is 0 Å². The zero-order valence-corrected chi connectivity index (χ0v) is 8.55. The van der Waals surface area contributed by atoms with Crippen molar-refractivity contribution in [2.24, 2.45) is 7.05 Å². The lowest BCUT2D eigenvalue weighted by Gasteiger charge is -2.03. The van der Waals surface area contributed by atoms with Crippen molar-refractivity contribution in [2.45, 2.75) is 19.8 Å². The summed E-state index contributed by atoms with van der Waals surface area (Å²) in [4.78, 5) is 0. The smallest absolute Gasteiger partial charge is 0.135 e. The molecule has 0 spiro atoms. The Hall–Kier alpha value is -1.31. The number of rotatable bonds is 2. The average Bonchev–Trinajstić information content (AvgIpc) is 2.54. The minimum Gasteiger partial charge on any atom is -0.350 e. The lowest BCUT2D eigenvalue weighted by molar-refractivity contribution is 0.619. The second-order valence-electron chi connectivity index (χ2n) is 3.65. The number of benzene rings is 1. The minimum atomic E-state index is -0.0510. The molecule has 0 aliphatic carbocycles. The van der Waals surface area contributed by atoms with Crippen molar-refractivity contribution in [3.8, 4) is 0 Å². The monoisotopic (exact) mass is 191 g/mol. The summed E-state index contributed by atoms with van der Waals surface area (Å²) < 4.78 is 15.8. The zero-order chi connectivity index (χ0) is 10.1. The third-order valence-corrected chi connectivity index (χ3v) is 2.60. The largest absolute Gasteiger partial charge is 0.350 e. The lowest BCUT2D eigenvalue weighted by atomic mass is 10.1. The van der Waals surface area contributed by atoms with Crippen LogP contribution in [-0.2, 0) is 13.5 Å². The van der Waals surface area contributed by atoms with Gasteiger partial charge in [-0.05, 0) is 24.1 Å². The maximum absolute atomic E-state index is 13.9. The standard InChI is InChI=1S/C12H14FN/c1-3-4-9-5-6-11-10(12(9)13)7-8-14(11)2/h5-8H,3-4H2,1-2H3. The molecule has 1 heterocycles. The summed E-state index contributed by atoms with van der Waals surface area (Å²) in [6.07, 6.45) is 3.69. The van der Waals surface area contributed by atoms with Gasteiger partial charge in [-0.2, -0.15) is 0 Å². The van der Waals surface area contributed by atoms with Gasteiger partial charge in [0, 0.05) is 18.6 Å². The van der Waals surface area contributed by atoms with Gasteiger partial charge in [-0.3, -0.25) is 0 Å². The first-order valence-electron chi connectivity index (χ1n) is 4.96. The van der Waals surface area contributed by atoms with Crippen molar-refractivity contribution in [1.82, 2.24) is 4.57 Å². The van der Waals surface area contributed by atoms with Crippen molar-refractivity contribution in [1.29, 1.82) is 0 Å². The Morgan fingerprint density at radius 3 is 2.79 bits per heavy atom. The van der Waals surface area contributed by atoms with Gasteiger partial charge in [0.25, 0.3) is 0 Å². The third-order valence-electron chi connectivity index (χ3n) is 2.60. The zero-order valence-electron chi connectivity index (χ0n) is 8.55. The van der Waals surface area contributed by atoms with Crippen molar-refractivity contribution in [3.05, 3.63) is 35.8 Å². The molecule has 0 amide bonds. The van der Waals surface area contributed by atoms with E-state index in [1.807, 2.05) is 36.0 Å². The first-order chi connectivity index (χ1) is 6.74. The van der Waals surface area contributed by atoms with E-state index in [1.165, 1.54) is 0 Å². The highest BCUT2D eigenvalue weighted by molar-refractivity contribution is 5.81. The minimum absolute atomic E-state index is 0.0510. The molecule has 2 aromatic rings. The number of hydrogen-bond acceptors (Lipinski definition) is 0. The molecular weight excluding hydrogens is 177 g/mol. The fourth-order valence-corrected chi connectivity index (χ4v) is 1.82. The van der Waals surface area contributed by atoms with Gasteiger partial charge in [0.1, 0.15) is 5.82 Å². The quantitative estimate of drug-likeness (QED) is 0.686. The van der Waals surface area contributed by atoms with Gasteiger partial charge >= 0.3 is 0 Å². The Kier molecular flexibility index (Phi) is 2.28. The lowest BCUT2D eigenvalue weighted by Crippen LogP contribution is -1.91. The number of aromatic nitrogens is 1. The van der Waals surface area contributed by atoms with Crippen LogP contribution in [0, 0.1) is 5.82 Å². The van der Waals surface area contributed by atoms with E-state index in [9.17, 15) is 4.39 Å². The predicted molar refractivity (Wildman–Crippen MR) is 56.9 cm³/mol. The molecule has 0 bridgehead atoms. The van der Waals surface area contributed by atoms with Gasteiger partial charge in [0.15, 0.2) is 0 Å². The number of fused-ring (bicyclic) bond motifs is 1. The molecule has 0 atom stereocenters. The first kappa shape index (κ1) is 9.25. The van der Waals surface area contributed by atoms with Crippen LogP contribution in [0.3, 0.4) is 0 Å². The highest BCUT2D eigenvalue weighted by atomic mass is 19.1. The van der Waals surface area contributed by atoms with Crippen LogP contribution >= 0.6 is 0 Å². The maximum atomic E-state index is 13.9. The summed E-state index contributed by atoms with van der Waals surface area (Å²) in [5.41, 5.74) is 1.79. The Balaban J connectivity index is 2.63. The van der Waals surface area contributed by atoms with Gasteiger partial charge in [-0.15, -0.1) is 0 Å². The third kappa shape index (κ3) is 1.31. The van der Waals surface area contributed by atoms with Gasteiger partial charge < -0.3 is 4.57 Å². The molecule has 14 heavy (non-hydrogen) atoms. The van der Waals surface area contributed by atoms with Crippen LogP contribution in [0.5, 0.6) is 0 Å². The van der Waals surface area contributed by atoms with Crippen molar-refractivity contribution >= 4 is 10.9 Å². The average molecular weight is 191 g/mol. The summed E-state index contributed by atoms with van der Waals surface area (Å²) in [5.74, 6) is -0.0510. The molecule has 74 valence electrons. The Morgan fingerprint density at radius 1 is 1.29 bits per heavy atom. The van der Waals surface area contributed by atoms with Crippen LogP contribution in [0.4, 0.5) is 4.39 Å². The molecule has 1 aromatic carbocycles. The molecule has 0 aliphatic heterocycles. The summed E-state index contributed by atoms with van der Waals surface area (Å²) in [5, 5.41) is 0.735. The van der Waals surface area contributed by atoms with Crippen LogP contribution < -0.4 is 0 Å². The molecule has 0 saturated heterocycles. The molecule has 1 aromatic heterocycles. The molecule has 0 unspecified atom stereocenters. The first-order valence-corrected chi connectivity index (χ1v) is 4.96. The van der Waals surface area contributed by atoms with Gasteiger partial charge in [-0.1, -0.05) is 19.4 Å².